The first-order valence-corrected chi connectivity index (χ1v) is 24.7. The Bertz CT molecular complexity index is 1250. The zero-order chi connectivity index (χ0) is 44.4. The van der Waals surface area contributed by atoms with Crippen LogP contribution >= 0.6 is 0 Å². The predicted octanol–water partition coefficient (Wildman–Crippen LogP) is 16.2. The van der Waals surface area contributed by atoms with E-state index in [9.17, 15) is 14.4 Å². The molecule has 6 nitrogen and oxygen atoms in total. The third-order valence-corrected chi connectivity index (χ3v) is 10.1. The molecule has 0 aromatic heterocycles. The van der Waals surface area contributed by atoms with E-state index in [-0.39, 0.29) is 31.6 Å². The van der Waals surface area contributed by atoms with Crippen molar-refractivity contribution in [3.63, 3.8) is 0 Å². The minimum Gasteiger partial charge on any atom is -0.462 e. The lowest BCUT2D eigenvalue weighted by Gasteiger charge is -2.18. The maximum atomic E-state index is 12.7. The van der Waals surface area contributed by atoms with Crippen LogP contribution in [0.3, 0.4) is 0 Å². The SMILES string of the molecule is CC/C=C\C/C=C\C/C=C\C/C=C\C/C=C\C/C=C\CCC(=O)O[C@@H](COC(=O)CCCCCCC/C=C\CCCC)COC(=O)CCCCCCC/C=C\CCCCCC. The lowest BCUT2D eigenvalue weighted by Crippen LogP contribution is -2.30. The molecule has 0 saturated carbocycles. The van der Waals surface area contributed by atoms with E-state index in [1.807, 2.05) is 12.2 Å². The summed E-state index contributed by atoms with van der Waals surface area (Å²) in [6, 6.07) is 0. The number of carbonyl (C=O) groups is 3. The van der Waals surface area contributed by atoms with Crippen LogP contribution in [0.4, 0.5) is 0 Å². The average molecular weight is 847 g/mol. The second-order valence-corrected chi connectivity index (χ2v) is 16.0. The molecule has 346 valence electrons. The number of esters is 3. The van der Waals surface area contributed by atoms with Gasteiger partial charge in [-0.25, -0.2) is 0 Å². The van der Waals surface area contributed by atoms with E-state index in [4.69, 9.17) is 14.2 Å². The van der Waals surface area contributed by atoms with Crippen LogP contribution < -0.4 is 0 Å². The van der Waals surface area contributed by atoms with Crippen molar-refractivity contribution in [1.29, 1.82) is 0 Å². The molecule has 6 heteroatoms. The van der Waals surface area contributed by atoms with Gasteiger partial charge in [0.25, 0.3) is 0 Å². The summed E-state index contributed by atoms with van der Waals surface area (Å²) in [6.07, 6.45) is 64.0. The number of allylic oxidation sites excluding steroid dienone is 16. The average Bonchev–Trinajstić information content (AvgIpc) is 3.26. The Labute approximate surface area is 375 Å². The molecule has 0 amide bonds. The van der Waals surface area contributed by atoms with Crippen LogP contribution in [0.15, 0.2) is 97.2 Å². The van der Waals surface area contributed by atoms with Crippen molar-refractivity contribution < 1.29 is 28.6 Å². The number of hydrogen-bond donors (Lipinski definition) is 0. The van der Waals surface area contributed by atoms with E-state index < -0.39 is 12.1 Å². The lowest BCUT2D eigenvalue weighted by atomic mass is 10.1. The zero-order valence-corrected chi connectivity index (χ0v) is 39.4. The summed E-state index contributed by atoms with van der Waals surface area (Å²) in [5.74, 6) is -1.03. The summed E-state index contributed by atoms with van der Waals surface area (Å²) >= 11 is 0. The number of ether oxygens (including phenoxy) is 3. The highest BCUT2D eigenvalue weighted by molar-refractivity contribution is 5.71. The highest BCUT2D eigenvalue weighted by Crippen LogP contribution is 2.12. The normalized spacial score (nSPS) is 12.9. The summed E-state index contributed by atoms with van der Waals surface area (Å²) in [4.78, 5) is 37.8. The van der Waals surface area contributed by atoms with Crippen LogP contribution in [0.2, 0.25) is 0 Å². The van der Waals surface area contributed by atoms with Crippen LogP contribution in [0.5, 0.6) is 0 Å². The fourth-order valence-electron chi connectivity index (χ4n) is 6.32. The van der Waals surface area contributed by atoms with Crippen LogP contribution in [0.1, 0.15) is 213 Å². The largest absolute Gasteiger partial charge is 0.462 e. The molecule has 0 saturated heterocycles. The third kappa shape index (κ3) is 47.2. The molecule has 0 N–H and O–H groups in total. The van der Waals surface area contributed by atoms with E-state index in [2.05, 4.69) is 106 Å². The lowest BCUT2D eigenvalue weighted by molar-refractivity contribution is -0.166. The maximum absolute atomic E-state index is 12.7. The Hall–Kier alpha value is -3.67. The maximum Gasteiger partial charge on any atom is 0.306 e. The smallest absolute Gasteiger partial charge is 0.306 e. The fraction of sp³-hybridized carbons (Fsp3) is 0.655. The summed E-state index contributed by atoms with van der Waals surface area (Å²) in [7, 11) is 0. The first kappa shape index (κ1) is 57.3. The minimum absolute atomic E-state index is 0.116. The topological polar surface area (TPSA) is 78.9 Å². The molecule has 1 atom stereocenters. The third-order valence-electron chi connectivity index (χ3n) is 10.1. The molecule has 0 unspecified atom stereocenters. The number of carbonyl (C=O) groups excluding carboxylic acids is 3. The minimum atomic E-state index is -0.823. The number of unbranched alkanes of at least 4 members (excludes halogenated alkanes) is 16. The Balaban J connectivity index is 4.53. The second-order valence-electron chi connectivity index (χ2n) is 16.0. The van der Waals surface area contributed by atoms with Gasteiger partial charge in [0.1, 0.15) is 13.2 Å². The highest BCUT2D eigenvalue weighted by Gasteiger charge is 2.19. The molecule has 0 rings (SSSR count). The molecule has 0 aliphatic carbocycles. The Morgan fingerprint density at radius 2 is 0.689 bits per heavy atom. The van der Waals surface area contributed by atoms with Crippen LogP contribution in [-0.4, -0.2) is 37.2 Å². The number of rotatable bonds is 43. The molecule has 0 aromatic rings. The molecule has 0 aromatic carbocycles. The van der Waals surface area contributed by atoms with Gasteiger partial charge in [-0.05, 0) is 103 Å². The van der Waals surface area contributed by atoms with Gasteiger partial charge in [-0.2, -0.15) is 0 Å². The van der Waals surface area contributed by atoms with Crippen molar-refractivity contribution in [2.24, 2.45) is 0 Å². The van der Waals surface area contributed by atoms with Crippen LogP contribution in [0.25, 0.3) is 0 Å². The quantitative estimate of drug-likeness (QED) is 0.0263. The molecule has 0 aliphatic rings. The standard InChI is InChI=1S/C55H90O6/c1-4-7-10-13-16-19-22-24-25-26-27-28-29-31-34-37-40-43-46-49-55(58)61-52(50-59-53(56)47-44-41-38-35-32-21-18-15-12-9-6-3)51-60-54(57)48-45-42-39-36-33-30-23-20-17-14-11-8-5-2/h7,10,15-16,18-20,23-25,27-28,31,34,40,43,52H,4-6,8-9,11-14,17,21-22,26,29-30,32-33,35-39,41-42,44-51H2,1-3H3/b10-7-,18-15-,19-16-,23-20-,25-24-,28-27-,34-31-,43-40-/t52-/m0/s1. The van der Waals surface area contributed by atoms with Gasteiger partial charge in [-0.3, -0.25) is 14.4 Å². The molecule has 0 radical (unpaired) electrons. The van der Waals surface area contributed by atoms with Crippen molar-refractivity contribution in [2.45, 2.75) is 219 Å². The highest BCUT2D eigenvalue weighted by atomic mass is 16.6. The van der Waals surface area contributed by atoms with Crippen molar-refractivity contribution in [3.05, 3.63) is 97.2 Å². The van der Waals surface area contributed by atoms with Crippen LogP contribution in [-0.2, 0) is 28.6 Å². The van der Waals surface area contributed by atoms with Crippen molar-refractivity contribution in [1.82, 2.24) is 0 Å². The van der Waals surface area contributed by atoms with E-state index in [1.54, 1.807) is 0 Å². The first-order chi connectivity index (χ1) is 30.0. The molecule has 0 heterocycles. The van der Waals surface area contributed by atoms with Gasteiger partial charge in [-0.1, -0.05) is 189 Å². The number of hydrogen-bond acceptors (Lipinski definition) is 6. The van der Waals surface area contributed by atoms with Crippen LogP contribution in [0, 0.1) is 0 Å². The zero-order valence-electron chi connectivity index (χ0n) is 39.4. The van der Waals surface area contributed by atoms with Gasteiger partial charge >= 0.3 is 17.9 Å². The summed E-state index contributed by atoms with van der Waals surface area (Å²) in [5.41, 5.74) is 0. The van der Waals surface area contributed by atoms with Crippen molar-refractivity contribution in [3.8, 4) is 0 Å². The second kappa shape index (κ2) is 49.0. The fourth-order valence-corrected chi connectivity index (χ4v) is 6.32. The predicted molar refractivity (Wildman–Crippen MR) is 260 cm³/mol. The first-order valence-electron chi connectivity index (χ1n) is 24.7. The monoisotopic (exact) mass is 847 g/mol. The van der Waals surface area contributed by atoms with Gasteiger partial charge < -0.3 is 14.2 Å². The van der Waals surface area contributed by atoms with Crippen molar-refractivity contribution in [2.75, 3.05) is 13.2 Å². The summed E-state index contributed by atoms with van der Waals surface area (Å²) < 4.78 is 16.7. The molecule has 0 fully saturated rings. The molecular weight excluding hydrogens is 757 g/mol. The van der Waals surface area contributed by atoms with Gasteiger partial charge in [0.15, 0.2) is 6.10 Å². The molecule has 0 bridgehead atoms. The van der Waals surface area contributed by atoms with E-state index in [1.165, 1.54) is 64.2 Å². The van der Waals surface area contributed by atoms with Crippen molar-refractivity contribution >= 4 is 17.9 Å². The van der Waals surface area contributed by atoms with Gasteiger partial charge in [-0.15, -0.1) is 0 Å². The molecular formula is C55H90O6. The van der Waals surface area contributed by atoms with E-state index in [0.29, 0.717) is 19.3 Å². The Kier molecular flexibility index (Phi) is 46.0. The van der Waals surface area contributed by atoms with Gasteiger partial charge in [0, 0.05) is 19.3 Å². The summed E-state index contributed by atoms with van der Waals surface area (Å²) in [5, 5.41) is 0. The van der Waals surface area contributed by atoms with Gasteiger partial charge in [0.2, 0.25) is 0 Å². The Morgan fingerprint density at radius 3 is 1.11 bits per heavy atom. The molecule has 61 heavy (non-hydrogen) atoms. The van der Waals surface area contributed by atoms with E-state index in [0.717, 1.165) is 103 Å². The molecule has 0 spiro atoms. The molecule has 0 aliphatic heterocycles. The van der Waals surface area contributed by atoms with E-state index >= 15 is 0 Å². The van der Waals surface area contributed by atoms with Gasteiger partial charge in [0.05, 0.1) is 0 Å². The summed E-state index contributed by atoms with van der Waals surface area (Å²) in [6.45, 7) is 6.37. The Morgan fingerprint density at radius 1 is 0.344 bits per heavy atom.